The van der Waals surface area contributed by atoms with Crippen molar-refractivity contribution in [1.29, 1.82) is 0 Å². The number of nitrogens with one attached hydrogen (secondary N) is 1. The number of rotatable bonds is 3. The molecule has 1 aromatic heterocycles. The summed E-state index contributed by atoms with van der Waals surface area (Å²) in [7, 11) is 1.96. The first kappa shape index (κ1) is 11.9. The molecule has 0 amide bonds. The molecule has 0 aliphatic rings. The predicted octanol–water partition coefficient (Wildman–Crippen LogP) is 3.62. The molecule has 0 aliphatic carbocycles. The fourth-order valence-electron chi connectivity index (χ4n) is 2.37. The van der Waals surface area contributed by atoms with Crippen LogP contribution in [0.3, 0.4) is 0 Å². The lowest BCUT2D eigenvalue weighted by Crippen LogP contribution is -2.04. The summed E-state index contributed by atoms with van der Waals surface area (Å²) in [6.07, 6.45) is 3.77. The van der Waals surface area contributed by atoms with E-state index < -0.39 is 0 Å². The van der Waals surface area contributed by atoms with Crippen molar-refractivity contribution in [2.24, 2.45) is 0 Å². The van der Waals surface area contributed by atoms with Crippen molar-refractivity contribution in [3.05, 3.63) is 66.5 Å². The molecule has 1 heterocycles. The van der Waals surface area contributed by atoms with Crippen molar-refractivity contribution >= 4 is 10.8 Å². The monoisotopic (exact) mass is 248 g/mol. The summed E-state index contributed by atoms with van der Waals surface area (Å²) in [5.74, 6) is 0. The molecule has 2 aromatic carbocycles. The summed E-state index contributed by atoms with van der Waals surface area (Å²) in [5.41, 5.74) is 3.77. The van der Waals surface area contributed by atoms with Crippen LogP contribution >= 0.6 is 0 Å². The van der Waals surface area contributed by atoms with E-state index >= 15 is 0 Å². The average molecular weight is 248 g/mol. The standard InChI is InChI=1S/C17H16N2/c1-18-11-13-5-7-15(8-6-13)16-4-2-3-14-9-10-19-12-17(14)16/h2-10,12,18H,11H2,1H3. The van der Waals surface area contributed by atoms with Gasteiger partial charge in [0.05, 0.1) is 0 Å². The SMILES string of the molecule is CNCc1ccc(-c2cccc3ccncc23)cc1. The molecule has 0 saturated heterocycles. The molecule has 0 fully saturated rings. The predicted molar refractivity (Wildman–Crippen MR) is 79.9 cm³/mol. The second-order valence-electron chi connectivity index (χ2n) is 4.63. The summed E-state index contributed by atoms with van der Waals surface area (Å²) in [6, 6.07) is 17.1. The maximum Gasteiger partial charge on any atom is 0.0352 e. The molecule has 0 radical (unpaired) electrons. The first-order valence-electron chi connectivity index (χ1n) is 6.45. The third kappa shape index (κ3) is 2.35. The fraction of sp³-hybridized carbons (Fsp3) is 0.118. The Labute approximate surface area is 113 Å². The van der Waals surface area contributed by atoms with E-state index in [1.807, 2.05) is 25.5 Å². The highest BCUT2D eigenvalue weighted by atomic mass is 14.8. The normalized spacial score (nSPS) is 10.8. The first-order valence-corrected chi connectivity index (χ1v) is 6.45. The van der Waals surface area contributed by atoms with E-state index in [4.69, 9.17) is 0 Å². The molecular weight excluding hydrogens is 232 g/mol. The second kappa shape index (κ2) is 5.21. The zero-order valence-corrected chi connectivity index (χ0v) is 10.9. The molecule has 1 N–H and O–H groups in total. The maximum absolute atomic E-state index is 4.24. The summed E-state index contributed by atoms with van der Waals surface area (Å²) in [4.78, 5) is 4.24. The van der Waals surface area contributed by atoms with E-state index in [0.717, 1.165) is 6.54 Å². The van der Waals surface area contributed by atoms with Crippen molar-refractivity contribution < 1.29 is 0 Å². The van der Waals surface area contributed by atoms with E-state index in [9.17, 15) is 0 Å². The van der Waals surface area contributed by atoms with Crippen molar-refractivity contribution in [3.63, 3.8) is 0 Å². The number of fused-ring (bicyclic) bond motifs is 1. The molecule has 3 aromatic rings. The van der Waals surface area contributed by atoms with Crippen LogP contribution in [0.25, 0.3) is 21.9 Å². The quantitative estimate of drug-likeness (QED) is 0.765. The van der Waals surface area contributed by atoms with Gasteiger partial charge in [-0.1, -0.05) is 42.5 Å². The van der Waals surface area contributed by atoms with Crippen LogP contribution in [-0.4, -0.2) is 12.0 Å². The fourth-order valence-corrected chi connectivity index (χ4v) is 2.37. The van der Waals surface area contributed by atoms with Gasteiger partial charge in [0, 0.05) is 24.3 Å². The summed E-state index contributed by atoms with van der Waals surface area (Å²) < 4.78 is 0. The van der Waals surface area contributed by atoms with Crippen LogP contribution in [0.2, 0.25) is 0 Å². The van der Waals surface area contributed by atoms with E-state index in [2.05, 4.69) is 52.8 Å². The van der Waals surface area contributed by atoms with Gasteiger partial charge in [0.2, 0.25) is 0 Å². The summed E-state index contributed by atoms with van der Waals surface area (Å²) in [5, 5.41) is 5.59. The van der Waals surface area contributed by atoms with Crippen LogP contribution in [0.5, 0.6) is 0 Å². The molecule has 3 rings (SSSR count). The van der Waals surface area contributed by atoms with Crippen LogP contribution in [0, 0.1) is 0 Å². The van der Waals surface area contributed by atoms with E-state index in [1.165, 1.54) is 27.5 Å². The van der Waals surface area contributed by atoms with E-state index in [0.29, 0.717) is 0 Å². The van der Waals surface area contributed by atoms with Gasteiger partial charge in [0.1, 0.15) is 0 Å². The van der Waals surface area contributed by atoms with Gasteiger partial charge < -0.3 is 5.32 Å². The minimum absolute atomic E-state index is 0.900. The third-order valence-corrected chi connectivity index (χ3v) is 3.33. The van der Waals surface area contributed by atoms with Crippen molar-refractivity contribution in [1.82, 2.24) is 10.3 Å². The smallest absolute Gasteiger partial charge is 0.0352 e. The molecule has 0 saturated carbocycles. The van der Waals surface area contributed by atoms with Gasteiger partial charge in [-0.2, -0.15) is 0 Å². The number of pyridine rings is 1. The summed E-state index contributed by atoms with van der Waals surface area (Å²) >= 11 is 0. The molecule has 0 bridgehead atoms. The second-order valence-corrected chi connectivity index (χ2v) is 4.63. The minimum Gasteiger partial charge on any atom is -0.316 e. The van der Waals surface area contributed by atoms with Gasteiger partial charge in [0.25, 0.3) is 0 Å². The van der Waals surface area contributed by atoms with Gasteiger partial charge in [-0.15, -0.1) is 0 Å². The lowest BCUT2D eigenvalue weighted by molar-refractivity contribution is 0.818. The zero-order valence-electron chi connectivity index (χ0n) is 10.9. The van der Waals surface area contributed by atoms with Crippen LogP contribution in [0.4, 0.5) is 0 Å². The van der Waals surface area contributed by atoms with E-state index in [1.54, 1.807) is 0 Å². The summed E-state index contributed by atoms with van der Waals surface area (Å²) in [6.45, 7) is 0.900. The minimum atomic E-state index is 0.900. The highest BCUT2D eigenvalue weighted by Gasteiger charge is 2.03. The molecule has 0 aliphatic heterocycles. The molecule has 0 atom stereocenters. The Morgan fingerprint density at radius 3 is 2.63 bits per heavy atom. The molecular formula is C17H16N2. The molecule has 94 valence electrons. The van der Waals surface area contributed by atoms with Crippen molar-refractivity contribution in [3.8, 4) is 11.1 Å². The lowest BCUT2D eigenvalue weighted by atomic mass is 9.99. The van der Waals surface area contributed by atoms with Crippen LogP contribution in [0.15, 0.2) is 60.9 Å². The van der Waals surface area contributed by atoms with Gasteiger partial charge in [-0.05, 0) is 35.2 Å². The highest BCUT2D eigenvalue weighted by Crippen LogP contribution is 2.27. The van der Waals surface area contributed by atoms with Gasteiger partial charge >= 0.3 is 0 Å². The Morgan fingerprint density at radius 1 is 1.00 bits per heavy atom. The third-order valence-electron chi connectivity index (χ3n) is 3.33. The molecule has 0 spiro atoms. The van der Waals surface area contributed by atoms with Crippen molar-refractivity contribution in [2.75, 3.05) is 7.05 Å². The number of hydrogen-bond donors (Lipinski definition) is 1. The Hall–Kier alpha value is -2.19. The number of hydrogen-bond acceptors (Lipinski definition) is 2. The number of aromatic nitrogens is 1. The number of nitrogens with zero attached hydrogens (tertiary/aromatic N) is 1. The number of benzene rings is 2. The lowest BCUT2D eigenvalue weighted by Gasteiger charge is -2.07. The Bertz CT molecular complexity index is 682. The van der Waals surface area contributed by atoms with Gasteiger partial charge in [-0.3, -0.25) is 4.98 Å². The molecule has 2 heteroatoms. The molecule has 0 unspecified atom stereocenters. The first-order chi connectivity index (χ1) is 9.38. The largest absolute Gasteiger partial charge is 0.316 e. The van der Waals surface area contributed by atoms with Crippen LogP contribution in [-0.2, 0) is 6.54 Å². The van der Waals surface area contributed by atoms with Gasteiger partial charge in [-0.25, -0.2) is 0 Å². The Kier molecular flexibility index (Phi) is 3.25. The van der Waals surface area contributed by atoms with Crippen LogP contribution < -0.4 is 5.32 Å². The van der Waals surface area contributed by atoms with Crippen LogP contribution in [0.1, 0.15) is 5.56 Å². The average Bonchev–Trinajstić information content (AvgIpc) is 2.48. The van der Waals surface area contributed by atoms with Crippen molar-refractivity contribution in [2.45, 2.75) is 6.54 Å². The highest BCUT2D eigenvalue weighted by molar-refractivity contribution is 5.95. The van der Waals surface area contributed by atoms with Gasteiger partial charge in [0.15, 0.2) is 0 Å². The Balaban J connectivity index is 2.08. The molecule has 2 nitrogen and oxygen atoms in total. The zero-order chi connectivity index (χ0) is 13.1. The Morgan fingerprint density at radius 2 is 1.84 bits per heavy atom. The topological polar surface area (TPSA) is 24.9 Å². The molecule has 19 heavy (non-hydrogen) atoms. The van der Waals surface area contributed by atoms with E-state index in [-0.39, 0.29) is 0 Å². The maximum atomic E-state index is 4.24.